The Morgan fingerprint density at radius 2 is 2.00 bits per heavy atom. The van der Waals surface area contributed by atoms with Crippen LogP contribution in [-0.4, -0.2) is 9.97 Å². The lowest BCUT2D eigenvalue weighted by atomic mass is 10.1. The lowest BCUT2D eigenvalue weighted by molar-refractivity contribution is 0.923. The van der Waals surface area contributed by atoms with E-state index in [9.17, 15) is 0 Å². The molecule has 1 aromatic carbocycles. The minimum Gasteiger partial charge on any atom is -0.340 e. The summed E-state index contributed by atoms with van der Waals surface area (Å²) < 4.78 is 0. The van der Waals surface area contributed by atoms with Gasteiger partial charge in [-0.15, -0.1) is 0 Å². The molecule has 1 aromatic heterocycles. The average Bonchev–Trinajstić information content (AvgIpc) is 2.40. The number of hydrogen-bond acceptors (Lipinski definition) is 5. The molecule has 5 nitrogen and oxygen atoms in total. The van der Waals surface area contributed by atoms with Crippen molar-refractivity contribution in [3.63, 3.8) is 0 Å². The van der Waals surface area contributed by atoms with Crippen molar-refractivity contribution >= 4 is 17.5 Å². The number of aryl methyl sites for hydroxylation is 2. The normalized spacial score (nSPS) is 10.3. The molecule has 0 aliphatic carbocycles. The van der Waals surface area contributed by atoms with Crippen LogP contribution >= 0.6 is 0 Å². The molecule has 0 saturated carbocycles. The van der Waals surface area contributed by atoms with Gasteiger partial charge in [0, 0.05) is 17.4 Å². The van der Waals surface area contributed by atoms with E-state index in [0.29, 0.717) is 5.95 Å². The van der Waals surface area contributed by atoms with E-state index in [4.69, 9.17) is 5.84 Å². The fourth-order valence-electron chi connectivity index (χ4n) is 1.96. The summed E-state index contributed by atoms with van der Waals surface area (Å²) in [5, 5.41) is 3.33. The van der Waals surface area contributed by atoms with Gasteiger partial charge in [-0.2, -0.15) is 4.98 Å². The Hall–Kier alpha value is -2.14. The van der Waals surface area contributed by atoms with E-state index in [-0.39, 0.29) is 0 Å². The standard InChI is InChI=1S/C14H19N5/c1-3-6-11-7-4-5-8-12(11)17-13-9-10(2)16-14(18-13)19-15/h4-5,7-9H,3,6,15H2,1-2H3,(H2,16,17,18,19). The van der Waals surface area contributed by atoms with E-state index < -0.39 is 0 Å². The fraction of sp³-hybridized carbons (Fsp3) is 0.286. The van der Waals surface area contributed by atoms with Gasteiger partial charge >= 0.3 is 0 Å². The molecular formula is C14H19N5. The topological polar surface area (TPSA) is 75.9 Å². The first kappa shape index (κ1) is 13.3. The zero-order valence-electron chi connectivity index (χ0n) is 11.3. The zero-order chi connectivity index (χ0) is 13.7. The summed E-state index contributed by atoms with van der Waals surface area (Å²) >= 11 is 0. The maximum absolute atomic E-state index is 5.36. The molecule has 0 aliphatic heterocycles. The second-order valence-corrected chi connectivity index (χ2v) is 4.39. The number of nitrogens with one attached hydrogen (secondary N) is 2. The van der Waals surface area contributed by atoms with Crippen LogP contribution in [0.4, 0.5) is 17.5 Å². The van der Waals surface area contributed by atoms with Crippen molar-refractivity contribution in [2.75, 3.05) is 10.7 Å². The first-order chi connectivity index (χ1) is 9.22. The smallest absolute Gasteiger partial charge is 0.239 e. The molecular weight excluding hydrogens is 238 g/mol. The van der Waals surface area contributed by atoms with E-state index in [1.165, 1.54) is 5.56 Å². The lowest BCUT2D eigenvalue weighted by Crippen LogP contribution is -2.12. The minimum absolute atomic E-state index is 0.412. The molecule has 0 unspecified atom stereocenters. The second kappa shape index (κ2) is 6.15. The van der Waals surface area contributed by atoms with Gasteiger partial charge in [0.2, 0.25) is 5.95 Å². The van der Waals surface area contributed by atoms with E-state index in [1.54, 1.807) is 0 Å². The van der Waals surface area contributed by atoms with Gasteiger partial charge in [0.25, 0.3) is 0 Å². The third-order valence-electron chi connectivity index (χ3n) is 2.78. The molecule has 100 valence electrons. The SMILES string of the molecule is CCCc1ccccc1Nc1cc(C)nc(NN)n1. The highest BCUT2D eigenvalue weighted by Crippen LogP contribution is 2.21. The van der Waals surface area contributed by atoms with Crippen molar-refractivity contribution < 1.29 is 0 Å². The lowest BCUT2D eigenvalue weighted by Gasteiger charge is -2.12. The van der Waals surface area contributed by atoms with Crippen LogP contribution in [0.5, 0.6) is 0 Å². The van der Waals surface area contributed by atoms with Gasteiger partial charge < -0.3 is 5.32 Å². The van der Waals surface area contributed by atoms with Crippen molar-refractivity contribution in [3.8, 4) is 0 Å². The molecule has 0 saturated heterocycles. The van der Waals surface area contributed by atoms with Crippen LogP contribution < -0.4 is 16.6 Å². The fourth-order valence-corrected chi connectivity index (χ4v) is 1.96. The number of nitrogens with zero attached hydrogens (tertiary/aromatic N) is 2. The summed E-state index contributed by atoms with van der Waals surface area (Å²) in [7, 11) is 0. The molecule has 19 heavy (non-hydrogen) atoms. The van der Waals surface area contributed by atoms with Crippen molar-refractivity contribution in [2.24, 2.45) is 5.84 Å². The highest BCUT2D eigenvalue weighted by atomic mass is 15.3. The Kier molecular flexibility index (Phi) is 4.30. The molecule has 0 radical (unpaired) electrons. The van der Waals surface area contributed by atoms with Crippen molar-refractivity contribution in [2.45, 2.75) is 26.7 Å². The summed E-state index contributed by atoms with van der Waals surface area (Å²) in [6.07, 6.45) is 2.15. The molecule has 0 amide bonds. The van der Waals surface area contributed by atoms with E-state index in [2.05, 4.69) is 39.8 Å². The van der Waals surface area contributed by atoms with Crippen LogP contribution in [0.1, 0.15) is 24.6 Å². The monoisotopic (exact) mass is 257 g/mol. The van der Waals surface area contributed by atoms with Gasteiger partial charge in [0.1, 0.15) is 5.82 Å². The maximum atomic E-state index is 5.36. The predicted octanol–water partition coefficient (Wildman–Crippen LogP) is 2.77. The van der Waals surface area contributed by atoms with Crippen molar-refractivity contribution in [1.29, 1.82) is 0 Å². The number of aromatic nitrogens is 2. The van der Waals surface area contributed by atoms with Gasteiger partial charge in [0.15, 0.2) is 0 Å². The minimum atomic E-state index is 0.412. The summed E-state index contributed by atoms with van der Waals surface area (Å²) in [6, 6.07) is 10.1. The largest absolute Gasteiger partial charge is 0.340 e. The van der Waals surface area contributed by atoms with Gasteiger partial charge in [-0.3, -0.25) is 5.43 Å². The summed E-state index contributed by atoms with van der Waals surface area (Å²) in [5.74, 6) is 6.51. The Balaban J connectivity index is 2.28. The molecule has 0 spiro atoms. The number of hydrogen-bond donors (Lipinski definition) is 3. The molecule has 0 aliphatic rings. The summed E-state index contributed by atoms with van der Waals surface area (Å²) in [6.45, 7) is 4.08. The van der Waals surface area contributed by atoms with Crippen LogP contribution in [0.15, 0.2) is 30.3 Å². The van der Waals surface area contributed by atoms with Crippen LogP contribution in [0.2, 0.25) is 0 Å². The summed E-state index contributed by atoms with van der Waals surface area (Å²) in [5.41, 5.74) is 5.69. The van der Waals surface area contributed by atoms with Gasteiger partial charge in [-0.05, 0) is 25.0 Å². The number of nitrogens with two attached hydrogens (primary N) is 1. The Labute approximate surface area is 113 Å². The maximum Gasteiger partial charge on any atom is 0.239 e. The summed E-state index contributed by atoms with van der Waals surface area (Å²) in [4.78, 5) is 8.46. The highest BCUT2D eigenvalue weighted by molar-refractivity contribution is 5.61. The molecule has 1 heterocycles. The van der Waals surface area contributed by atoms with Crippen LogP contribution in [0.25, 0.3) is 0 Å². The number of hydrazine groups is 1. The first-order valence-electron chi connectivity index (χ1n) is 6.40. The number of rotatable bonds is 5. The van der Waals surface area contributed by atoms with Gasteiger partial charge in [-0.1, -0.05) is 31.5 Å². The molecule has 2 aromatic rings. The first-order valence-corrected chi connectivity index (χ1v) is 6.40. The molecule has 2 rings (SSSR count). The van der Waals surface area contributed by atoms with Crippen molar-refractivity contribution in [1.82, 2.24) is 9.97 Å². The van der Waals surface area contributed by atoms with Gasteiger partial charge in [0.05, 0.1) is 0 Å². The Bertz CT molecular complexity index is 553. The molecule has 5 heteroatoms. The molecule has 0 atom stereocenters. The van der Waals surface area contributed by atoms with Crippen LogP contribution in [0.3, 0.4) is 0 Å². The van der Waals surface area contributed by atoms with Crippen LogP contribution in [-0.2, 0) is 6.42 Å². The molecule has 0 bridgehead atoms. The van der Waals surface area contributed by atoms with E-state index in [0.717, 1.165) is 30.0 Å². The number of benzene rings is 1. The third kappa shape index (κ3) is 3.42. The molecule has 0 fully saturated rings. The van der Waals surface area contributed by atoms with Gasteiger partial charge in [-0.25, -0.2) is 10.8 Å². The van der Waals surface area contributed by atoms with E-state index in [1.807, 2.05) is 25.1 Å². The van der Waals surface area contributed by atoms with Crippen LogP contribution in [0, 0.1) is 6.92 Å². The zero-order valence-corrected chi connectivity index (χ0v) is 11.3. The predicted molar refractivity (Wildman–Crippen MR) is 78.3 cm³/mol. The Morgan fingerprint density at radius 1 is 1.21 bits per heavy atom. The highest BCUT2D eigenvalue weighted by Gasteiger charge is 2.04. The quantitative estimate of drug-likeness (QED) is 0.567. The van der Waals surface area contributed by atoms with Crippen molar-refractivity contribution in [3.05, 3.63) is 41.6 Å². The number of nitrogen functional groups attached to an aromatic ring is 1. The molecule has 4 N–H and O–H groups in total. The average molecular weight is 257 g/mol. The Morgan fingerprint density at radius 3 is 2.74 bits per heavy atom. The number of para-hydroxylation sites is 1. The van der Waals surface area contributed by atoms with E-state index >= 15 is 0 Å². The second-order valence-electron chi connectivity index (χ2n) is 4.39. The number of anilines is 3. The third-order valence-corrected chi connectivity index (χ3v) is 2.78.